The highest BCUT2D eigenvalue weighted by atomic mass is 16.1. The zero-order valence-electron chi connectivity index (χ0n) is 18.2. The lowest BCUT2D eigenvalue weighted by Crippen LogP contribution is -2.22. The lowest BCUT2D eigenvalue weighted by atomic mass is 9.91. The minimum atomic E-state index is -0.112. The Bertz CT molecular complexity index is 1500. The van der Waals surface area contributed by atoms with Crippen LogP contribution in [0, 0.1) is 0 Å². The summed E-state index contributed by atoms with van der Waals surface area (Å²) >= 11 is 0. The molecular weight excluding hydrogens is 412 g/mol. The predicted molar refractivity (Wildman–Crippen MR) is 126 cm³/mol. The number of hydrogen-bond acceptors (Lipinski definition) is 5. The Kier molecular flexibility index (Phi) is 4.43. The smallest absolute Gasteiger partial charge is 0.251 e. The topological polar surface area (TPSA) is 85.1 Å². The maximum absolute atomic E-state index is 12.1. The molecule has 0 spiro atoms. The van der Waals surface area contributed by atoms with Gasteiger partial charge < -0.3 is 5.32 Å². The number of hydrogen-bond donors (Lipinski definition) is 1. The van der Waals surface area contributed by atoms with Crippen molar-refractivity contribution in [3.05, 3.63) is 90.0 Å². The van der Waals surface area contributed by atoms with Crippen LogP contribution in [-0.4, -0.2) is 37.0 Å². The van der Waals surface area contributed by atoms with Gasteiger partial charge in [-0.1, -0.05) is 24.3 Å². The molecule has 162 valence electrons. The van der Waals surface area contributed by atoms with Gasteiger partial charge in [0.25, 0.3) is 11.7 Å². The van der Waals surface area contributed by atoms with Gasteiger partial charge in [0.1, 0.15) is 5.69 Å². The number of nitrogens with one attached hydrogen (secondary N) is 1. The van der Waals surface area contributed by atoms with Gasteiger partial charge in [-0.2, -0.15) is 9.61 Å². The second kappa shape index (κ2) is 7.48. The lowest BCUT2D eigenvalue weighted by molar-refractivity contribution is 0.0956. The second-order valence-electron chi connectivity index (χ2n) is 8.43. The Balaban J connectivity index is 1.39. The molecule has 3 aromatic heterocycles. The molecule has 2 aromatic carbocycles. The number of nitrogens with zero attached hydrogens (tertiary/aromatic N) is 5. The summed E-state index contributed by atoms with van der Waals surface area (Å²) in [5.74, 6) is 0.505. The number of fused-ring (bicyclic) bond motifs is 2. The van der Waals surface area contributed by atoms with Crippen LogP contribution in [0.25, 0.3) is 27.9 Å². The Hall–Kier alpha value is -4.13. The summed E-state index contributed by atoms with van der Waals surface area (Å²) in [6.45, 7) is 2.50. The summed E-state index contributed by atoms with van der Waals surface area (Å²) < 4.78 is 1.87. The molecule has 0 radical (unpaired) electrons. The quantitative estimate of drug-likeness (QED) is 0.449. The van der Waals surface area contributed by atoms with Crippen molar-refractivity contribution in [2.75, 3.05) is 6.54 Å². The van der Waals surface area contributed by atoms with E-state index in [2.05, 4.69) is 44.5 Å². The van der Waals surface area contributed by atoms with E-state index in [1.165, 1.54) is 5.56 Å². The number of carbonyl (C=O) groups is 1. The maximum atomic E-state index is 12.1. The van der Waals surface area contributed by atoms with Crippen LogP contribution in [0.1, 0.15) is 41.4 Å². The Labute approximate surface area is 190 Å². The van der Waals surface area contributed by atoms with E-state index in [4.69, 9.17) is 5.10 Å². The van der Waals surface area contributed by atoms with E-state index in [0.717, 1.165) is 40.7 Å². The fourth-order valence-electron chi connectivity index (χ4n) is 4.48. The van der Waals surface area contributed by atoms with Gasteiger partial charge in [0.05, 0.1) is 23.6 Å². The molecule has 0 atom stereocenters. The number of imidazole rings is 1. The van der Waals surface area contributed by atoms with Crippen LogP contribution in [0.15, 0.2) is 73.2 Å². The summed E-state index contributed by atoms with van der Waals surface area (Å²) in [5.41, 5.74) is 5.45. The summed E-state index contributed by atoms with van der Waals surface area (Å²) in [4.78, 5) is 25.6. The SMILES string of the molecule is CCNC(=O)c1ccc(-c2cnc3ncc(C4(c5ccc6ncccc6c5)CC4)n3n2)cc1. The van der Waals surface area contributed by atoms with Gasteiger partial charge in [-0.25, -0.2) is 9.97 Å². The van der Waals surface area contributed by atoms with Crippen molar-refractivity contribution in [3.63, 3.8) is 0 Å². The second-order valence-corrected chi connectivity index (χ2v) is 8.43. The Morgan fingerprint density at radius 3 is 2.64 bits per heavy atom. The molecule has 1 fully saturated rings. The van der Waals surface area contributed by atoms with Crippen molar-refractivity contribution < 1.29 is 4.79 Å². The van der Waals surface area contributed by atoms with Crippen molar-refractivity contribution >= 4 is 22.6 Å². The van der Waals surface area contributed by atoms with Crippen molar-refractivity contribution in [1.82, 2.24) is 29.9 Å². The molecule has 6 rings (SSSR count). The Morgan fingerprint density at radius 2 is 1.85 bits per heavy atom. The van der Waals surface area contributed by atoms with Crippen molar-refractivity contribution in [3.8, 4) is 11.3 Å². The van der Waals surface area contributed by atoms with Crippen LogP contribution in [-0.2, 0) is 5.41 Å². The van der Waals surface area contributed by atoms with Crippen LogP contribution in [0.2, 0.25) is 0 Å². The average Bonchev–Trinajstić information content (AvgIpc) is 3.56. The van der Waals surface area contributed by atoms with E-state index < -0.39 is 0 Å². The minimum absolute atomic E-state index is 0.0799. The summed E-state index contributed by atoms with van der Waals surface area (Å²) in [5, 5.41) is 8.84. The van der Waals surface area contributed by atoms with Crippen molar-refractivity contribution in [2.24, 2.45) is 0 Å². The monoisotopic (exact) mass is 434 g/mol. The van der Waals surface area contributed by atoms with Crippen LogP contribution >= 0.6 is 0 Å². The van der Waals surface area contributed by atoms with E-state index in [-0.39, 0.29) is 11.3 Å². The standard InChI is InChI=1S/C26H22N6O/c1-2-27-24(33)18-7-5-17(6-8-18)22-15-29-25-30-16-23(32(25)31-22)26(11-12-26)20-9-10-21-19(14-20)4-3-13-28-21/h3-10,13-16H,2,11-12H2,1H3,(H,27,33). The molecule has 7 heteroatoms. The number of carbonyl (C=O) groups excluding carboxylic acids is 1. The lowest BCUT2D eigenvalue weighted by Gasteiger charge is -2.16. The molecule has 0 aliphatic heterocycles. The largest absolute Gasteiger partial charge is 0.352 e. The maximum Gasteiger partial charge on any atom is 0.251 e. The zero-order chi connectivity index (χ0) is 22.4. The Morgan fingerprint density at radius 1 is 1.03 bits per heavy atom. The first kappa shape index (κ1) is 19.5. The first-order valence-corrected chi connectivity index (χ1v) is 11.1. The first-order valence-electron chi connectivity index (χ1n) is 11.1. The van der Waals surface area contributed by atoms with Crippen LogP contribution < -0.4 is 5.32 Å². The molecule has 1 N–H and O–H groups in total. The molecule has 7 nitrogen and oxygen atoms in total. The highest BCUT2D eigenvalue weighted by Crippen LogP contribution is 2.53. The zero-order valence-corrected chi connectivity index (χ0v) is 18.2. The fourth-order valence-corrected chi connectivity index (χ4v) is 4.48. The minimum Gasteiger partial charge on any atom is -0.352 e. The van der Waals surface area contributed by atoms with E-state index in [0.29, 0.717) is 17.9 Å². The van der Waals surface area contributed by atoms with Gasteiger partial charge in [0.15, 0.2) is 0 Å². The first-order chi connectivity index (χ1) is 16.2. The van der Waals surface area contributed by atoms with Gasteiger partial charge in [-0.05, 0) is 55.7 Å². The molecule has 1 saturated carbocycles. The van der Waals surface area contributed by atoms with Gasteiger partial charge in [0, 0.05) is 34.7 Å². The number of benzene rings is 2. The normalized spacial score (nSPS) is 14.5. The van der Waals surface area contributed by atoms with Gasteiger partial charge in [-0.3, -0.25) is 9.78 Å². The molecule has 1 aliphatic carbocycles. The summed E-state index contributed by atoms with van der Waals surface area (Å²) in [6.07, 6.45) is 7.53. The highest BCUT2D eigenvalue weighted by molar-refractivity contribution is 5.94. The molecule has 5 aromatic rings. The van der Waals surface area contributed by atoms with Gasteiger partial charge in [0.2, 0.25) is 0 Å². The molecular formula is C26H22N6O. The van der Waals surface area contributed by atoms with Crippen LogP contribution in [0.5, 0.6) is 0 Å². The molecule has 0 unspecified atom stereocenters. The van der Waals surface area contributed by atoms with E-state index in [9.17, 15) is 4.79 Å². The predicted octanol–water partition coefficient (Wildman–Crippen LogP) is 4.17. The molecule has 1 aliphatic rings. The molecule has 0 saturated heterocycles. The van der Waals surface area contributed by atoms with Crippen molar-refractivity contribution in [2.45, 2.75) is 25.2 Å². The number of rotatable bonds is 5. The van der Waals surface area contributed by atoms with Crippen molar-refractivity contribution in [1.29, 1.82) is 0 Å². The summed E-state index contributed by atoms with van der Waals surface area (Å²) in [6, 6.07) is 18.0. The average molecular weight is 435 g/mol. The number of pyridine rings is 1. The molecule has 0 bridgehead atoms. The van der Waals surface area contributed by atoms with E-state index >= 15 is 0 Å². The fraction of sp³-hybridized carbons (Fsp3) is 0.192. The third-order valence-electron chi connectivity index (χ3n) is 6.41. The number of amides is 1. The summed E-state index contributed by atoms with van der Waals surface area (Å²) in [7, 11) is 0. The molecule has 3 heterocycles. The van der Waals surface area contributed by atoms with Gasteiger partial charge in [-0.15, -0.1) is 0 Å². The van der Waals surface area contributed by atoms with Crippen LogP contribution in [0.4, 0.5) is 0 Å². The molecule has 1 amide bonds. The van der Waals surface area contributed by atoms with Gasteiger partial charge >= 0.3 is 0 Å². The third-order valence-corrected chi connectivity index (χ3v) is 6.41. The van der Waals surface area contributed by atoms with E-state index in [1.54, 1.807) is 6.20 Å². The van der Waals surface area contributed by atoms with E-state index in [1.807, 2.05) is 54.2 Å². The number of aromatic nitrogens is 5. The highest BCUT2D eigenvalue weighted by Gasteiger charge is 2.48. The molecule has 33 heavy (non-hydrogen) atoms. The van der Waals surface area contributed by atoms with Crippen LogP contribution in [0.3, 0.4) is 0 Å². The third kappa shape index (κ3) is 3.24.